The Balaban J connectivity index is 2.31. The number of rotatable bonds is 4. The van der Waals surface area contributed by atoms with Crippen molar-refractivity contribution in [1.82, 2.24) is 0 Å². The number of ether oxygens (including phenoxy) is 2. The lowest BCUT2D eigenvalue weighted by Crippen LogP contribution is -2.05. The summed E-state index contributed by atoms with van der Waals surface area (Å²) < 4.78 is 9.23. The van der Waals surface area contributed by atoms with E-state index in [1.165, 1.54) is 26.0 Å². The molecule has 0 bridgehead atoms. The summed E-state index contributed by atoms with van der Waals surface area (Å²) in [5.74, 6) is -1.16. The van der Waals surface area contributed by atoms with Crippen molar-refractivity contribution in [2.24, 2.45) is 0 Å². The Morgan fingerprint density at radius 3 is 2.38 bits per heavy atom. The van der Waals surface area contributed by atoms with Crippen LogP contribution in [0.25, 0.3) is 10.8 Å². The minimum absolute atomic E-state index is 0.180. The van der Waals surface area contributed by atoms with Crippen LogP contribution < -0.4 is 0 Å². The van der Waals surface area contributed by atoms with Crippen LogP contribution in [0.5, 0.6) is 0 Å². The zero-order chi connectivity index (χ0) is 15.2. The second kappa shape index (κ2) is 6.95. The van der Waals surface area contributed by atoms with Gasteiger partial charge < -0.3 is 9.47 Å². The molecule has 0 spiro atoms. The number of fused-ring (bicyclic) bond motifs is 1. The van der Waals surface area contributed by atoms with Gasteiger partial charge in [-0.15, -0.1) is 0 Å². The van der Waals surface area contributed by atoms with Crippen LogP contribution in [0.1, 0.15) is 0 Å². The fourth-order valence-corrected chi connectivity index (χ4v) is 2.65. The summed E-state index contributed by atoms with van der Waals surface area (Å²) in [5, 5.41) is 2.17. The molecule has 0 N–H and O–H groups in total. The predicted molar refractivity (Wildman–Crippen MR) is 81.9 cm³/mol. The van der Waals surface area contributed by atoms with E-state index in [9.17, 15) is 9.59 Å². The maximum atomic E-state index is 11.7. The molecule has 0 aliphatic carbocycles. The van der Waals surface area contributed by atoms with Gasteiger partial charge in [-0.1, -0.05) is 42.1 Å². The third kappa shape index (κ3) is 3.86. The molecule has 2 aromatic rings. The zero-order valence-corrected chi connectivity index (χ0v) is 12.5. The van der Waals surface area contributed by atoms with E-state index in [1.807, 2.05) is 42.5 Å². The molecule has 0 radical (unpaired) electrons. The van der Waals surface area contributed by atoms with Crippen molar-refractivity contribution < 1.29 is 19.1 Å². The van der Waals surface area contributed by atoms with Crippen LogP contribution in [0.4, 0.5) is 0 Å². The average Bonchev–Trinajstić information content (AvgIpc) is 2.53. The first-order chi connectivity index (χ1) is 10.1. The fourth-order valence-electron chi connectivity index (χ4n) is 1.75. The van der Waals surface area contributed by atoms with E-state index in [1.54, 1.807) is 0 Å². The van der Waals surface area contributed by atoms with E-state index in [0.717, 1.165) is 21.7 Å². The van der Waals surface area contributed by atoms with Crippen molar-refractivity contribution in [2.45, 2.75) is 4.90 Å². The van der Waals surface area contributed by atoms with Gasteiger partial charge in [-0.25, -0.2) is 9.59 Å². The summed E-state index contributed by atoms with van der Waals surface area (Å²) in [5.41, 5.74) is 0. The number of hydrogen-bond acceptors (Lipinski definition) is 5. The Morgan fingerprint density at radius 1 is 1.00 bits per heavy atom. The highest BCUT2D eigenvalue weighted by Gasteiger charge is 2.14. The fraction of sp³-hybridized carbons (Fsp3) is 0.125. The van der Waals surface area contributed by atoms with Gasteiger partial charge in [0.25, 0.3) is 0 Å². The van der Waals surface area contributed by atoms with E-state index in [-0.39, 0.29) is 4.91 Å². The predicted octanol–water partition coefficient (Wildman–Crippen LogP) is 3.16. The molecule has 2 rings (SSSR count). The molecular weight excluding hydrogens is 288 g/mol. The highest BCUT2D eigenvalue weighted by Crippen LogP contribution is 2.30. The first-order valence-electron chi connectivity index (χ1n) is 6.18. The monoisotopic (exact) mass is 302 g/mol. The smallest absolute Gasteiger partial charge is 0.344 e. The molecule has 0 aromatic heterocycles. The lowest BCUT2D eigenvalue weighted by molar-refractivity contribution is -0.137. The Hall–Kier alpha value is -2.27. The van der Waals surface area contributed by atoms with E-state index in [4.69, 9.17) is 0 Å². The van der Waals surface area contributed by atoms with Gasteiger partial charge in [0.1, 0.15) is 4.91 Å². The number of hydrogen-bond donors (Lipinski definition) is 0. The van der Waals surface area contributed by atoms with Crippen molar-refractivity contribution in [3.63, 3.8) is 0 Å². The second-order valence-corrected chi connectivity index (χ2v) is 5.25. The van der Waals surface area contributed by atoms with Gasteiger partial charge in [-0.3, -0.25) is 0 Å². The van der Waals surface area contributed by atoms with E-state index in [2.05, 4.69) is 9.47 Å². The molecule has 21 heavy (non-hydrogen) atoms. The van der Waals surface area contributed by atoms with Gasteiger partial charge in [-0.05, 0) is 22.9 Å². The molecule has 2 aromatic carbocycles. The number of carbonyl (C=O) groups excluding carboxylic acids is 2. The van der Waals surface area contributed by atoms with Gasteiger partial charge in [0.15, 0.2) is 0 Å². The Kier molecular flexibility index (Phi) is 5.00. The van der Waals surface area contributed by atoms with Gasteiger partial charge in [0.2, 0.25) is 0 Å². The second-order valence-electron chi connectivity index (χ2n) is 4.13. The molecule has 108 valence electrons. The molecule has 0 aliphatic heterocycles. The minimum Gasteiger partial charge on any atom is -0.466 e. The van der Waals surface area contributed by atoms with Crippen LogP contribution in [0.3, 0.4) is 0 Å². The molecular formula is C16H14O4S. The number of carbonyl (C=O) groups is 2. The van der Waals surface area contributed by atoms with Gasteiger partial charge in [-0.2, -0.15) is 0 Å². The average molecular weight is 302 g/mol. The number of methoxy groups -OCH3 is 2. The summed E-state index contributed by atoms with van der Waals surface area (Å²) in [6.45, 7) is 0. The summed E-state index contributed by atoms with van der Waals surface area (Å²) in [4.78, 5) is 24.1. The molecule has 5 heteroatoms. The third-order valence-corrected chi connectivity index (χ3v) is 3.78. The van der Waals surface area contributed by atoms with Crippen molar-refractivity contribution in [3.8, 4) is 0 Å². The van der Waals surface area contributed by atoms with E-state index < -0.39 is 11.9 Å². The van der Waals surface area contributed by atoms with Gasteiger partial charge in [0.05, 0.1) is 14.2 Å². The van der Waals surface area contributed by atoms with Crippen molar-refractivity contribution in [1.29, 1.82) is 0 Å². The maximum Gasteiger partial charge on any atom is 0.344 e. The molecule has 0 saturated carbocycles. The van der Waals surface area contributed by atoms with E-state index >= 15 is 0 Å². The SMILES string of the molecule is COC(=O)/C=C(\Sc1ccc2ccccc2c1)C(=O)OC. The van der Waals surface area contributed by atoms with Crippen molar-refractivity contribution in [3.05, 3.63) is 53.4 Å². The maximum absolute atomic E-state index is 11.7. The summed E-state index contributed by atoms with van der Waals surface area (Å²) >= 11 is 1.17. The van der Waals surface area contributed by atoms with Crippen LogP contribution in [-0.4, -0.2) is 26.2 Å². The highest BCUT2D eigenvalue weighted by molar-refractivity contribution is 8.04. The molecule has 4 nitrogen and oxygen atoms in total. The molecule has 0 fully saturated rings. The van der Waals surface area contributed by atoms with Crippen LogP contribution in [0, 0.1) is 0 Å². The summed E-state index contributed by atoms with van der Waals surface area (Å²) in [6, 6.07) is 13.7. The number of esters is 2. The Morgan fingerprint density at radius 2 is 1.71 bits per heavy atom. The molecule has 0 saturated heterocycles. The molecule has 0 aliphatic rings. The highest BCUT2D eigenvalue weighted by atomic mass is 32.2. The first-order valence-corrected chi connectivity index (χ1v) is 7.00. The van der Waals surface area contributed by atoms with Crippen LogP contribution in [-0.2, 0) is 19.1 Å². The normalized spacial score (nSPS) is 11.2. The molecule has 0 heterocycles. The van der Waals surface area contributed by atoms with Gasteiger partial charge in [0, 0.05) is 11.0 Å². The minimum atomic E-state index is -0.594. The van der Waals surface area contributed by atoms with Crippen molar-refractivity contribution >= 4 is 34.5 Å². The molecule has 0 amide bonds. The topological polar surface area (TPSA) is 52.6 Å². The Labute approximate surface area is 126 Å². The summed E-state index contributed by atoms with van der Waals surface area (Å²) in [7, 11) is 2.53. The molecule has 0 unspecified atom stereocenters. The lowest BCUT2D eigenvalue weighted by Gasteiger charge is -2.06. The van der Waals surface area contributed by atoms with Crippen LogP contribution >= 0.6 is 11.8 Å². The van der Waals surface area contributed by atoms with Crippen LogP contribution in [0.2, 0.25) is 0 Å². The first kappa shape index (κ1) is 15.1. The number of benzene rings is 2. The quantitative estimate of drug-likeness (QED) is 0.493. The standard InChI is InChI=1S/C16H14O4S/c1-19-15(17)10-14(16(18)20-2)21-13-8-7-11-5-3-4-6-12(11)9-13/h3-10H,1-2H3/b14-10-. The van der Waals surface area contributed by atoms with Gasteiger partial charge >= 0.3 is 11.9 Å². The van der Waals surface area contributed by atoms with Crippen LogP contribution in [0.15, 0.2) is 58.3 Å². The van der Waals surface area contributed by atoms with E-state index in [0.29, 0.717) is 0 Å². The van der Waals surface area contributed by atoms with Crippen molar-refractivity contribution in [2.75, 3.05) is 14.2 Å². The molecule has 0 atom stereocenters. The lowest BCUT2D eigenvalue weighted by atomic mass is 10.1. The number of thioether (sulfide) groups is 1. The zero-order valence-electron chi connectivity index (χ0n) is 11.7. The largest absolute Gasteiger partial charge is 0.466 e. The third-order valence-electron chi connectivity index (χ3n) is 2.79. The summed E-state index contributed by atoms with van der Waals surface area (Å²) in [6.07, 6.45) is 1.13. The Bertz CT molecular complexity index is 706.